The first kappa shape index (κ1) is 27.7. The van der Waals surface area contributed by atoms with Crippen LogP contribution < -0.4 is 5.32 Å². The molecular weight excluding hydrogens is 608 g/mol. The van der Waals surface area contributed by atoms with Gasteiger partial charge in [-0.05, 0) is 53.3 Å². The lowest BCUT2D eigenvalue weighted by Crippen LogP contribution is -2.41. The molecule has 0 spiro atoms. The normalized spacial score (nSPS) is 21.8. The molecule has 0 aromatic heterocycles. The molecule has 3 aromatic carbocycles. The fraction of sp³-hybridized carbons (Fsp3) is 0.312. The molecule has 1 heterocycles. The molecule has 7 nitrogen and oxygen atoms in total. The first-order valence-corrected chi connectivity index (χ1v) is 15.0. The predicted molar refractivity (Wildman–Crippen MR) is 157 cm³/mol. The predicted octanol–water partition coefficient (Wildman–Crippen LogP) is 6.04. The lowest BCUT2D eigenvalue weighted by atomic mass is 9.55. The fourth-order valence-electron chi connectivity index (χ4n) is 6.67. The number of rotatable bonds is 9. The second kappa shape index (κ2) is 11.4. The van der Waals surface area contributed by atoms with Crippen LogP contribution in [0.15, 0.2) is 71.2 Å². The molecule has 1 N–H and O–H groups in total. The van der Waals surface area contributed by atoms with Gasteiger partial charge in [0.15, 0.2) is 6.61 Å². The minimum absolute atomic E-state index is 0.0877. The van der Waals surface area contributed by atoms with Crippen LogP contribution in [0.2, 0.25) is 5.02 Å². The maximum Gasteiger partial charge on any atom is 0.306 e. The van der Waals surface area contributed by atoms with Crippen LogP contribution in [0.4, 0.5) is 5.69 Å². The van der Waals surface area contributed by atoms with E-state index in [9.17, 15) is 19.2 Å². The molecule has 3 amide bonds. The van der Waals surface area contributed by atoms with E-state index in [1.807, 2.05) is 24.3 Å². The Balaban J connectivity index is 0.996. The zero-order chi connectivity index (χ0) is 28.7. The summed E-state index contributed by atoms with van der Waals surface area (Å²) in [5.41, 5.74) is 5.07. The zero-order valence-corrected chi connectivity index (χ0v) is 24.5. The molecule has 0 unspecified atom stereocenters. The molecule has 9 heteroatoms. The van der Waals surface area contributed by atoms with Crippen LogP contribution in [-0.4, -0.2) is 41.7 Å². The Bertz CT molecular complexity index is 1440. The van der Waals surface area contributed by atoms with E-state index in [0.717, 1.165) is 26.7 Å². The van der Waals surface area contributed by atoms with Crippen molar-refractivity contribution in [1.82, 2.24) is 4.90 Å². The van der Waals surface area contributed by atoms with Crippen molar-refractivity contribution >= 4 is 56.9 Å². The number of carbonyl (C=O) groups excluding carboxylic acids is 4. The van der Waals surface area contributed by atoms with Crippen molar-refractivity contribution in [2.45, 2.75) is 37.5 Å². The molecule has 1 aliphatic heterocycles. The zero-order valence-electron chi connectivity index (χ0n) is 22.1. The van der Waals surface area contributed by atoms with Crippen molar-refractivity contribution in [3.63, 3.8) is 0 Å². The molecule has 41 heavy (non-hydrogen) atoms. The summed E-state index contributed by atoms with van der Waals surface area (Å²) in [4.78, 5) is 53.0. The summed E-state index contributed by atoms with van der Waals surface area (Å²) < 4.78 is 5.87. The highest BCUT2D eigenvalue weighted by Crippen LogP contribution is 2.60. The number of esters is 1. The summed E-state index contributed by atoms with van der Waals surface area (Å²) in [5.74, 6) is -2.08. The molecule has 1 saturated heterocycles. The Labute approximate surface area is 251 Å². The minimum Gasteiger partial charge on any atom is -0.456 e. The topological polar surface area (TPSA) is 92.8 Å². The standard InChI is InChI=1S/C32H28BrClN2O5/c33-18-13-14-24(23(34)16-18)35-25(37)17-41-26(38)12-2-1-7-15-36-31(39)29-27-19-8-3-4-9-20(19)28(30(29)32(36)40)22-11-6-5-10-21(22)27/h3-6,8-11,13-14,16,27-30H,1-2,7,12,15,17H2,(H,35,37)/t27?,28?,29-,30-/m0/s1. The molecule has 3 aliphatic carbocycles. The summed E-state index contributed by atoms with van der Waals surface area (Å²) in [7, 11) is 0. The van der Waals surface area contributed by atoms with E-state index >= 15 is 0 Å². The van der Waals surface area contributed by atoms with Crippen molar-refractivity contribution in [3.8, 4) is 0 Å². The maximum atomic E-state index is 13.6. The fourth-order valence-corrected chi connectivity index (χ4v) is 7.39. The Hall–Kier alpha value is -3.49. The number of unbranched alkanes of at least 4 members (excludes halogenated alkanes) is 2. The highest BCUT2D eigenvalue weighted by atomic mass is 79.9. The van der Waals surface area contributed by atoms with E-state index in [-0.39, 0.29) is 41.9 Å². The van der Waals surface area contributed by atoms with Gasteiger partial charge in [0.05, 0.1) is 22.5 Å². The van der Waals surface area contributed by atoms with Crippen LogP contribution in [0.25, 0.3) is 0 Å². The Morgan fingerprint density at radius 3 is 1.93 bits per heavy atom. The summed E-state index contributed by atoms with van der Waals surface area (Å²) in [5, 5.41) is 2.98. The molecule has 0 saturated carbocycles. The number of nitrogens with zero attached hydrogens (tertiary/aromatic N) is 1. The van der Waals surface area contributed by atoms with E-state index in [1.54, 1.807) is 18.2 Å². The molecule has 3 aromatic rings. The van der Waals surface area contributed by atoms with Crippen molar-refractivity contribution in [3.05, 3.63) is 98.5 Å². The summed E-state index contributed by atoms with van der Waals surface area (Å²) >= 11 is 9.40. The highest BCUT2D eigenvalue weighted by molar-refractivity contribution is 9.10. The molecule has 210 valence electrons. The number of hydrogen-bond acceptors (Lipinski definition) is 5. The molecule has 2 atom stereocenters. The quantitative estimate of drug-likeness (QED) is 0.176. The lowest BCUT2D eigenvalue weighted by molar-refractivity contribution is -0.147. The van der Waals surface area contributed by atoms with Gasteiger partial charge in [0.25, 0.3) is 5.91 Å². The Kier molecular flexibility index (Phi) is 7.70. The van der Waals surface area contributed by atoms with E-state index in [2.05, 4.69) is 45.5 Å². The third-order valence-corrected chi connectivity index (χ3v) is 9.18. The highest BCUT2D eigenvalue weighted by Gasteiger charge is 2.61. The van der Waals surface area contributed by atoms with Gasteiger partial charge in [-0.15, -0.1) is 0 Å². The molecule has 4 aliphatic rings. The number of benzene rings is 3. The molecule has 0 radical (unpaired) electrons. The first-order chi connectivity index (χ1) is 19.8. The van der Waals surface area contributed by atoms with Crippen LogP contribution in [0, 0.1) is 11.8 Å². The van der Waals surface area contributed by atoms with Crippen LogP contribution >= 0.6 is 27.5 Å². The number of ether oxygens (including phenoxy) is 1. The number of hydrogen-bond donors (Lipinski definition) is 1. The Morgan fingerprint density at radius 2 is 1.39 bits per heavy atom. The average molecular weight is 636 g/mol. The summed E-state index contributed by atoms with van der Waals surface area (Å²) in [6.45, 7) is -0.0693. The van der Waals surface area contributed by atoms with Crippen molar-refractivity contribution in [2.75, 3.05) is 18.5 Å². The smallest absolute Gasteiger partial charge is 0.306 e. The van der Waals surface area contributed by atoms with Gasteiger partial charge in [0.2, 0.25) is 11.8 Å². The molecule has 2 bridgehead atoms. The first-order valence-electron chi connectivity index (χ1n) is 13.8. The lowest BCUT2D eigenvalue weighted by Gasteiger charge is -2.45. The third kappa shape index (κ3) is 5.08. The van der Waals surface area contributed by atoms with Crippen molar-refractivity contribution in [1.29, 1.82) is 0 Å². The van der Waals surface area contributed by atoms with Gasteiger partial charge < -0.3 is 10.1 Å². The number of carbonyl (C=O) groups is 4. The number of halogens is 2. The minimum atomic E-state index is -0.478. The van der Waals surface area contributed by atoms with Gasteiger partial charge in [-0.25, -0.2) is 0 Å². The summed E-state index contributed by atoms with van der Waals surface area (Å²) in [6, 6.07) is 21.5. The van der Waals surface area contributed by atoms with Gasteiger partial charge in [-0.3, -0.25) is 24.1 Å². The van der Waals surface area contributed by atoms with Crippen LogP contribution in [-0.2, 0) is 23.9 Å². The van der Waals surface area contributed by atoms with Crippen LogP contribution in [0.1, 0.15) is 59.8 Å². The van der Waals surface area contributed by atoms with E-state index in [0.29, 0.717) is 36.5 Å². The van der Waals surface area contributed by atoms with Crippen molar-refractivity contribution < 1.29 is 23.9 Å². The average Bonchev–Trinajstić information content (AvgIpc) is 3.23. The molecule has 1 fully saturated rings. The van der Waals surface area contributed by atoms with E-state index < -0.39 is 18.5 Å². The Morgan fingerprint density at radius 1 is 0.829 bits per heavy atom. The number of imide groups is 1. The SMILES string of the molecule is O=C(COC(=O)CCCCCN1C(=O)[C@H]2C3c4ccccc4C(c4ccccc43)[C@@H]2C1=O)Nc1ccc(Br)cc1Cl. The molecular formula is C32H28BrClN2O5. The van der Waals surface area contributed by atoms with Crippen LogP contribution in [0.5, 0.6) is 0 Å². The molecule has 7 rings (SSSR count). The summed E-state index contributed by atoms with van der Waals surface area (Å²) in [6.07, 6.45) is 1.93. The van der Waals surface area contributed by atoms with Gasteiger partial charge in [0, 0.05) is 29.3 Å². The number of anilines is 1. The van der Waals surface area contributed by atoms with Gasteiger partial charge in [-0.1, -0.05) is 82.5 Å². The number of nitrogens with one attached hydrogen (secondary N) is 1. The van der Waals surface area contributed by atoms with Gasteiger partial charge in [-0.2, -0.15) is 0 Å². The number of likely N-dealkylation sites (tertiary alicyclic amines) is 1. The third-order valence-electron chi connectivity index (χ3n) is 8.37. The van der Waals surface area contributed by atoms with E-state index in [4.69, 9.17) is 16.3 Å². The van der Waals surface area contributed by atoms with Gasteiger partial charge >= 0.3 is 5.97 Å². The van der Waals surface area contributed by atoms with Crippen molar-refractivity contribution in [2.24, 2.45) is 11.8 Å². The van der Waals surface area contributed by atoms with E-state index in [1.165, 1.54) is 4.90 Å². The monoisotopic (exact) mass is 634 g/mol. The maximum absolute atomic E-state index is 13.6. The second-order valence-electron chi connectivity index (χ2n) is 10.7. The second-order valence-corrected chi connectivity index (χ2v) is 12.1. The number of amides is 3. The largest absolute Gasteiger partial charge is 0.456 e. The van der Waals surface area contributed by atoms with Crippen LogP contribution in [0.3, 0.4) is 0 Å². The van der Waals surface area contributed by atoms with Gasteiger partial charge in [0.1, 0.15) is 0 Å².